The molecule has 108 valence electrons. The van der Waals surface area contributed by atoms with Gasteiger partial charge in [0.2, 0.25) is 0 Å². The first-order chi connectivity index (χ1) is 9.69. The van der Waals surface area contributed by atoms with Crippen molar-refractivity contribution in [3.05, 3.63) is 31.0 Å². The molecule has 20 heavy (non-hydrogen) atoms. The highest BCUT2D eigenvalue weighted by atomic mass is 32.1. The van der Waals surface area contributed by atoms with Gasteiger partial charge in [-0.25, -0.2) is 4.98 Å². The van der Waals surface area contributed by atoms with Crippen molar-refractivity contribution in [1.29, 1.82) is 0 Å². The SMILES string of the molecule is C=CCNC(=S)Nc1ccc(N2CCCC(C)C2)nc1. The predicted octanol–water partition coefficient (Wildman–Crippen LogP) is 2.79. The molecule has 0 aromatic carbocycles. The van der Waals surface area contributed by atoms with Crippen molar-refractivity contribution < 1.29 is 0 Å². The summed E-state index contributed by atoms with van der Waals surface area (Å²) in [7, 11) is 0. The lowest BCUT2D eigenvalue weighted by atomic mass is 10.0. The van der Waals surface area contributed by atoms with Crippen LogP contribution in [-0.2, 0) is 0 Å². The highest BCUT2D eigenvalue weighted by Gasteiger charge is 2.17. The minimum atomic E-state index is 0.589. The van der Waals surface area contributed by atoms with Gasteiger partial charge in [-0.1, -0.05) is 13.0 Å². The van der Waals surface area contributed by atoms with Gasteiger partial charge in [-0.3, -0.25) is 0 Å². The number of hydrogen-bond donors (Lipinski definition) is 2. The first-order valence-corrected chi connectivity index (χ1v) is 7.46. The third-order valence-electron chi connectivity index (χ3n) is 3.39. The quantitative estimate of drug-likeness (QED) is 0.659. The second-order valence-corrected chi connectivity index (χ2v) is 5.63. The number of aromatic nitrogens is 1. The standard InChI is InChI=1S/C15H22N4S/c1-3-8-16-15(20)18-13-6-7-14(17-10-13)19-9-4-5-12(2)11-19/h3,6-7,10,12H,1,4-5,8-9,11H2,2H3,(H2,16,18,20). The number of nitrogens with zero attached hydrogens (tertiary/aromatic N) is 2. The summed E-state index contributed by atoms with van der Waals surface area (Å²) < 4.78 is 0. The maximum Gasteiger partial charge on any atom is 0.171 e. The molecule has 0 bridgehead atoms. The van der Waals surface area contributed by atoms with Crippen LogP contribution in [0.25, 0.3) is 0 Å². The van der Waals surface area contributed by atoms with Crippen LogP contribution in [0.3, 0.4) is 0 Å². The molecule has 2 rings (SSSR count). The summed E-state index contributed by atoms with van der Waals surface area (Å²) in [5, 5.41) is 6.72. The molecular formula is C15H22N4S. The molecule has 4 nitrogen and oxygen atoms in total. The summed E-state index contributed by atoms with van der Waals surface area (Å²) in [6, 6.07) is 4.07. The Labute approximate surface area is 126 Å². The molecule has 0 spiro atoms. The molecule has 0 aliphatic carbocycles. The van der Waals surface area contributed by atoms with E-state index in [1.165, 1.54) is 12.8 Å². The first-order valence-electron chi connectivity index (χ1n) is 7.06. The highest BCUT2D eigenvalue weighted by molar-refractivity contribution is 7.80. The maximum atomic E-state index is 5.17. The number of thiocarbonyl (C=S) groups is 1. The molecule has 0 radical (unpaired) electrons. The number of anilines is 2. The number of rotatable bonds is 4. The molecule has 0 saturated carbocycles. The van der Waals surface area contributed by atoms with Gasteiger partial charge in [0, 0.05) is 19.6 Å². The van der Waals surface area contributed by atoms with Crippen molar-refractivity contribution in [2.24, 2.45) is 5.92 Å². The largest absolute Gasteiger partial charge is 0.359 e. The molecule has 1 aliphatic rings. The van der Waals surface area contributed by atoms with Gasteiger partial charge in [0.15, 0.2) is 5.11 Å². The Bertz CT molecular complexity index is 457. The smallest absolute Gasteiger partial charge is 0.171 e. The van der Waals surface area contributed by atoms with Gasteiger partial charge >= 0.3 is 0 Å². The van der Waals surface area contributed by atoms with E-state index in [1.54, 1.807) is 6.08 Å². The van der Waals surface area contributed by atoms with Crippen molar-refractivity contribution in [3.8, 4) is 0 Å². The lowest BCUT2D eigenvalue weighted by molar-refractivity contribution is 0.444. The molecule has 2 N–H and O–H groups in total. The average molecular weight is 290 g/mol. The normalized spacial score (nSPS) is 18.4. The van der Waals surface area contributed by atoms with Gasteiger partial charge < -0.3 is 15.5 Å². The van der Waals surface area contributed by atoms with Gasteiger partial charge in [-0.05, 0) is 43.1 Å². The molecule has 1 aliphatic heterocycles. The highest BCUT2D eigenvalue weighted by Crippen LogP contribution is 2.21. The van der Waals surface area contributed by atoms with Crippen LogP contribution in [0.1, 0.15) is 19.8 Å². The zero-order valence-corrected chi connectivity index (χ0v) is 12.7. The van der Waals surface area contributed by atoms with Crippen LogP contribution >= 0.6 is 12.2 Å². The Morgan fingerprint density at radius 3 is 3.10 bits per heavy atom. The third kappa shape index (κ3) is 4.20. The Morgan fingerprint density at radius 2 is 2.45 bits per heavy atom. The van der Waals surface area contributed by atoms with E-state index >= 15 is 0 Å². The van der Waals surface area contributed by atoms with Gasteiger partial charge in [0.05, 0.1) is 11.9 Å². The van der Waals surface area contributed by atoms with E-state index in [4.69, 9.17) is 12.2 Å². The van der Waals surface area contributed by atoms with E-state index in [1.807, 2.05) is 12.3 Å². The Balaban J connectivity index is 1.92. The van der Waals surface area contributed by atoms with Crippen LogP contribution in [0.5, 0.6) is 0 Å². The number of piperidine rings is 1. The van der Waals surface area contributed by atoms with E-state index in [2.05, 4.69) is 40.1 Å². The van der Waals surface area contributed by atoms with E-state index in [9.17, 15) is 0 Å². The second kappa shape index (κ2) is 7.24. The minimum absolute atomic E-state index is 0.589. The number of nitrogens with one attached hydrogen (secondary N) is 2. The van der Waals surface area contributed by atoms with Crippen molar-refractivity contribution in [1.82, 2.24) is 10.3 Å². The zero-order chi connectivity index (χ0) is 14.4. The monoisotopic (exact) mass is 290 g/mol. The summed E-state index contributed by atoms with van der Waals surface area (Å²) in [6.07, 6.45) is 6.17. The fourth-order valence-electron chi connectivity index (χ4n) is 2.38. The van der Waals surface area contributed by atoms with E-state index in [-0.39, 0.29) is 0 Å². The van der Waals surface area contributed by atoms with Crippen LogP contribution in [0.15, 0.2) is 31.0 Å². The van der Waals surface area contributed by atoms with E-state index < -0.39 is 0 Å². The summed E-state index contributed by atoms with van der Waals surface area (Å²) in [5.74, 6) is 1.80. The van der Waals surface area contributed by atoms with Gasteiger partial charge in [0.25, 0.3) is 0 Å². The topological polar surface area (TPSA) is 40.2 Å². The Morgan fingerprint density at radius 1 is 1.60 bits per heavy atom. The van der Waals surface area contributed by atoms with E-state index in [0.29, 0.717) is 11.7 Å². The van der Waals surface area contributed by atoms with Crippen molar-refractivity contribution in [3.63, 3.8) is 0 Å². The van der Waals surface area contributed by atoms with Crippen LogP contribution in [0.2, 0.25) is 0 Å². The fraction of sp³-hybridized carbons (Fsp3) is 0.467. The summed E-state index contributed by atoms with van der Waals surface area (Å²) >= 11 is 5.17. The molecular weight excluding hydrogens is 268 g/mol. The van der Waals surface area contributed by atoms with Gasteiger partial charge in [0.1, 0.15) is 5.82 Å². The van der Waals surface area contributed by atoms with Crippen molar-refractivity contribution in [2.75, 3.05) is 29.9 Å². The van der Waals surface area contributed by atoms with E-state index in [0.717, 1.165) is 30.5 Å². The molecule has 1 atom stereocenters. The fourth-order valence-corrected chi connectivity index (χ4v) is 2.59. The second-order valence-electron chi connectivity index (χ2n) is 5.22. The Hall–Kier alpha value is -1.62. The molecule has 1 fully saturated rings. The lowest BCUT2D eigenvalue weighted by Gasteiger charge is -2.31. The lowest BCUT2D eigenvalue weighted by Crippen LogP contribution is -2.34. The molecule has 1 unspecified atom stereocenters. The molecule has 0 amide bonds. The van der Waals surface area contributed by atoms with Crippen LogP contribution in [0, 0.1) is 5.92 Å². The average Bonchev–Trinajstić information content (AvgIpc) is 2.46. The summed E-state index contributed by atoms with van der Waals surface area (Å²) in [6.45, 7) is 8.79. The Kier molecular flexibility index (Phi) is 5.35. The molecule has 5 heteroatoms. The summed E-state index contributed by atoms with van der Waals surface area (Å²) in [5.41, 5.74) is 0.903. The third-order valence-corrected chi connectivity index (χ3v) is 3.64. The molecule has 1 aromatic rings. The van der Waals surface area contributed by atoms with Crippen molar-refractivity contribution in [2.45, 2.75) is 19.8 Å². The molecule has 1 aromatic heterocycles. The first kappa shape index (κ1) is 14.8. The minimum Gasteiger partial charge on any atom is -0.359 e. The van der Waals surface area contributed by atoms with Crippen LogP contribution in [0.4, 0.5) is 11.5 Å². The number of pyridine rings is 1. The van der Waals surface area contributed by atoms with Crippen LogP contribution < -0.4 is 15.5 Å². The van der Waals surface area contributed by atoms with Gasteiger partial charge in [-0.15, -0.1) is 6.58 Å². The molecule has 2 heterocycles. The van der Waals surface area contributed by atoms with Crippen LogP contribution in [-0.4, -0.2) is 29.7 Å². The summed E-state index contributed by atoms with van der Waals surface area (Å²) in [4.78, 5) is 6.88. The molecule has 1 saturated heterocycles. The maximum absolute atomic E-state index is 5.17. The predicted molar refractivity (Wildman–Crippen MR) is 89.3 cm³/mol. The number of hydrogen-bond acceptors (Lipinski definition) is 3. The van der Waals surface area contributed by atoms with Crippen molar-refractivity contribution >= 4 is 28.8 Å². The van der Waals surface area contributed by atoms with Gasteiger partial charge in [-0.2, -0.15) is 0 Å². The zero-order valence-electron chi connectivity index (χ0n) is 11.9.